The zero-order valence-electron chi connectivity index (χ0n) is 11.5. The maximum absolute atomic E-state index is 12.0. The molecule has 0 radical (unpaired) electrons. The molecule has 1 fully saturated rings. The highest BCUT2D eigenvalue weighted by molar-refractivity contribution is 6.32. The van der Waals surface area contributed by atoms with Crippen LogP contribution in [0, 0.1) is 0 Å². The molecule has 0 saturated carbocycles. The normalized spacial score (nSPS) is 21.0. The number of hydrogen-bond acceptors (Lipinski definition) is 4. The number of carbonyl (C=O) groups is 2. The van der Waals surface area contributed by atoms with Gasteiger partial charge in [-0.2, -0.15) is 0 Å². The van der Waals surface area contributed by atoms with Gasteiger partial charge in [-0.15, -0.1) is 0 Å². The molecule has 1 amide bonds. The van der Waals surface area contributed by atoms with Gasteiger partial charge in [-0.25, -0.2) is 4.79 Å². The maximum atomic E-state index is 12.0. The number of amides is 1. The first-order valence-electron chi connectivity index (χ1n) is 6.56. The van der Waals surface area contributed by atoms with Crippen LogP contribution in [0.4, 0.5) is 5.69 Å². The number of ether oxygens (including phenoxy) is 2. The fourth-order valence-corrected chi connectivity index (χ4v) is 2.29. The summed E-state index contributed by atoms with van der Waals surface area (Å²) in [5.41, 5.74) is 0.510. The van der Waals surface area contributed by atoms with Crippen LogP contribution in [0.2, 0.25) is 5.02 Å². The third kappa shape index (κ3) is 4.34. The van der Waals surface area contributed by atoms with E-state index in [9.17, 15) is 9.59 Å². The maximum Gasteiger partial charge on any atom is 0.341 e. The molecule has 1 heterocycles. The van der Waals surface area contributed by atoms with Crippen LogP contribution in [-0.4, -0.2) is 35.8 Å². The van der Waals surface area contributed by atoms with Crippen molar-refractivity contribution in [3.8, 4) is 5.75 Å². The minimum absolute atomic E-state index is 0.0936. The molecule has 2 unspecified atom stereocenters. The fraction of sp³-hybridized carbons (Fsp3) is 0.429. The summed E-state index contributed by atoms with van der Waals surface area (Å²) in [4.78, 5) is 22.4. The molecule has 1 aliphatic heterocycles. The zero-order chi connectivity index (χ0) is 15.4. The summed E-state index contributed by atoms with van der Waals surface area (Å²) in [5.74, 6) is -1.05. The van der Waals surface area contributed by atoms with E-state index in [4.69, 9.17) is 26.2 Å². The van der Waals surface area contributed by atoms with Crippen molar-refractivity contribution in [3.63, 3.8) is 0 Å². The van der Waals surface area contributed by atoms with E-state index < -0.39 is 18.7 Å². The zero-order valence-corrected chi connectivity index (χ0v) is 12.2. The second-order valence-electron chi connectivity index (χ2n) is 4.83. The molecule has 1 aromatic rings. The molecule has 7 heteroatoms. The number of benzene rings is 1. The summed E-state index contributed by atoms with van der Waals surface area (Å²) in [6.45, 7) is 1.46. The Kier molecular flexibility index (Phi) is 5.03. The van der Waals surface area contributed by atoms with Crippen molar-refractivity contribution in [1.29, 1.82) is 0 Å². The number of nitrogens with one attached hydrogen (secondary N) is 1. The highest BCUT2D eigenvalue weighted by Gasteiger charge is 2.28. The van der Waals surface area contributed by atoms with Crippen LogP contribution in [0.5, 0.6) is 5.75 Å². The van der Waals surface area contributed by atoms with Gasteiger partial charge in [0.15, 0.2) is 6.61 Å². The Morgan fingerprint density at radius 3 is 2.81 bits per heavy atom. The van der Waals surface area contributed by atoms with E-state index in [2.05, 4.69) is 5.32 Å². The average Bonchev–Trinajstić information content (AvgIpc) is 2.84. The third-order valence-corrected chi connectivity index (χ3v) is 3.37. The molecule has 114 valence electrons. The van der Waals surface area contributed by atoms with E-state index in [-0.39, 0.29) is 22.8 Å². The van der Waals surface area contributed by atoms with Crippen molar-refractivity contribution in [2.45, 2.75) is 32.0 Å². The molecule has 1 aliphatic rings. The topological polar surface area (TPSA) is 84.9 Å². The highest BCUT2D eigenvalue weighted by Crippen LogP contribution is 2.28. The predicted molar refractivity (Wildman–Crippen MR) is 76.8 cm³/mol. The monoisotopic (exact) mass is 313 g/mol. The summed E-state index contributed by atoms with van der Waals surface area (Å²) in [7, 11) is 0. The second kappa shape index (κ2) is 6.78. The van der Waals surface area contributed by atoms with Crippen LogP contribution in [-0.2, 0) is 14.3 Å². The Hall–Kier alpha value is -1.79. The van der Waals surface area contributed by atoms with E-state index in [0.717, 1.165) is 6.42 Å². The van der Waals surface area contributed by atoms with Gasteiger partial charge in [0, 0.05) is 5.69 Å². The number of rotatable bonds is 5. The molecular weight excluding hydrogens is 298 g/mol. The Bertz CT molecular complexity index is 548. The Labute approximate surface area is 127 Å². The molecule has 21 heavy (non-hydrogen) atoms. The van der Waals surface area contributed by atoms with Crippen LogP contribution >= 0.6 is 11.6 Å². The van der Waals surface area contributed by atoms with E-state index in [0.29, 0.717) is 12.1 Å². The summed E-state index contributed by atoms with van der Waals surface area (Å²) < 4.78 is 10.5. The van der Waals surface area contributed by atoms with Gasteiger partial charge in [0.25, 0.3) is 5.91 Å². The Morgan fingerprint density at radius 2 is 2.24 bits per heavy atom. The van der Waals surface area contributed by atoms with E-state index in [1.165, 1.54) is 12.1 Å². The predicted octanol–water partition coefficient (Wildman–Crippen LogP) is 2.31. The van der Waals surface area contributed by atoms with Crippen LogP contribution < -0.4 is 10.1 Å². The summed E-state index contributed by atoms with van der Waals surface area (Å²) in [6, 6.07) is 4.62. The van der Waals surface area contributed by atoms with Crippen LogP contribution in [0.1, 0.15) is 19.8 Å². The number of aliphatic carboxylic acids is 1. The van der Waals surface area contributed by atoms with Crippen molar-refractivity contribution < 1.29 is 24.2 Å². The van der Waals surface area contributed by atoms with Gasteiger partial charge >= 0.3 is 5.97 Å². The Morgan fingerprint density at radius 1 is 1.48 bits per heavy atom. The molecule has 2 rings (SSSR count). The van der Waals surface area contributed by atoms with Gasteiger partial charge in [0.1, 0.15) is 11.9 Å². The molecule has 0 aliphatic carbocycles. The van der Waals surface area contributed by atoms with Crippen LogP contribution in [0.25, 0.3) is 0 Å². The third-order valence-electron chi connectivity index (χ3n) is 3.07. The number of carboxylic acid groups (broad SMARTS) is 1. The van der Waals surface area contributed by atoms with Crippen molar-refractivity contribution in [2.24, 2.45) is 0 Å². The molecule has 0 bridgehead atoms. The molecule has 6 nitrogen and oxygen atoms in total. The van der Waals surface area contributed by atoms with Crippen LogP contribution in [0.3, 0.4) is 0 Å². The first-order valence-corrected chi connectivity index (χ1v) is 6.94. The number of anilines is 1. The molecule has 2 N–H and O–H groups in total. The van der Waals surface area contributed by atoms with E-state index in [1.807, 2.05) is 6.92 Å². The lowest BCUT2D eigenvalue weighted by molar-refractivity contribution is -0.139. The van der Waals surface area contributed by atoms with Crippen molar-refractivity contribution >= 4 is 29.2 Å². The smallest absolute Gasteiger partial charge is 0.341 e. The highest BCUT2D eigenvalue weighted by atomic mass is 35.5. The van der Waals surface area contributed by atoms with E-state index >= 15 is 0 Å². The van der Waals surface area contributed by atoms with Crippen molar-refractivity contribution in [3.05, 3.63) is 23.2 Å². The summed E-state index contributed by atoms with van der Waals surface area (Å²) in [5, 5.41) is 11.5. The second-order valence-corrected chi connectivity index (χ2v) is 5.24. The van der Waals surface area contributed by atoms with E-state index in [1.54, 1.807) is 6.07 Å². The fourth-order valence-electron chi connectivity index (χ4n) is 2.05. The lowest BCUT2D eigenvalue weighted by Crippen LogP contribution is -2.27. The molecule has 2 atom stereocenters. The lowest BCUT2D eigenvalue weighted by Gasteiger charge is -2.13. The van der Waals surface area contributed by atoms with Gasteiger partial charge in [0.2, 0.25) is 0 Å². The molecule has 0 aromatic heterocycles. The summed E-state index contributed by atoms with van der Waals surface area (Å²) in [6.07, 6.45) is 1.21. The number of hydrogen-bond donors (Lipinski definition) is 2. The molecule has 0 spiro atoms. The lowest BCUT2D eigenvalue weighted by atomic mass is 10.2. The molecule has 1 saturated heterocycles. The summed E-state index contributed by atoms with van der Waals surface area (Å²) >= 11 is 5.98. The molecule has 1 aromatic carbocycles. The van der Waals surface area contributed by atoms with Gasteiger partial charge < -0.3 is 19.9 Å². The standard InChI is InChI=1S/C14H16ClNO5/c1-8-2-4-12(21-8)14(19)16-9-3-5-11(10(15)6-9)20-7-13(17)18/h3,5-6,8,12H,2,4,7H2,1H3,(H,16,19)(H,17,18). The van der Waals surface area contributed by atoms with Gasteiger partial charge in [-0.05, 0) is 38.0 Å². The van der Waals surface area contributed by atoms with Gasteiger partial charge in [-0.3, -0.25) is 4.79 Å². The molecular formula is C14H16ClNO5. The minimum Gasteiger partial charge on any atom is -0.480 e. The van der Waals surface area contributed by atoms with Crippen molar-refractivity contribution in [2.75, 3.05) is 11.9 Å². The van der Waals surface area contributed by atoms with Crippen LogP contribution in [0.15, 0.2) is 18.2 Å². The quantitative estimate of drug-likeness (QED) is 0.871. The average molecular weight is 314 g/mol. The first kappa shape index (κ1) is 15.6. The van der Waals surface area contributed by atoms with Gasteiger partial charge in [0.05, 0.1) is 11.1 Å². The van der Waals surface area contributed by atoms with Gasteiger partial charge in [-0.1, -0.05) is 11.6 Å². The first-order chi connectivity index (χ1) is 9.95. The number of carbonyl (C=O) groups excluding carboxylic acids is 1. The SMILES string of the molecule is CC1CCC(C(=O)Nc2ccc(OCC(=O)O)c(Cl)c2)O1. The number of carboxylic acids is 1. The largest absolute Gasteiger partial charge is 0.480 e. The number of halogens is 1. The Balaban J connectivity index is 1.96. The van der Waals surface area contributed by atoms with Crippen molar-refractivity contribution in [1.82, 2.24) is 0 Å². The minimum atomic E-state index is -1.09.